The van der Waals surface area contributed by atoms with Crippen molar-refractivity contribution in [2.45, 2.75) is 166 Å². The summed E-state index contributed by atoms with van der Waals surface area (Å²) in [5, 5.41) is 7.48. The van der Waals surface area contributed by atoms with Crippen LogP contribution in [0.3, 0.4) is 0 Å². The van der Waals surface area contributed by atoms with Gasteiger partial charge in [-0.1, -0.05) is 64.5 Å². The molecular formula is C42H56F6N2O2. The molecule has 2 N–H and O–H groups in total. The Morgan fingerprint density at radius 3 is 1.25 bits per heavy atom. The molecule has 4 fully saturated rings. The lowest BCUT2D eigenvalue weighted by molar-refractivity contribution is -0.138. The molecule has 0 aliphatic heterocycles. The maximum absolute atomic E-state index is 12.9. The van der Waals surface area contributed by atoms with Crippen LogP contribution in [-0.2, 0) is 25.2 Å². The van der Waals surface area contributed by atoms with E-state index in [0.717, 1.165) is 62.8 Å². The van der Waals surface area contributed by atoms with E-state index in [4.69, 9.17) is 0 Å². The molecule has 10 heteroatoms. The maximum Gasteiger partial charge on any atom is 0.416 e. The highest BCUT2D eigenvalue weighted by Crippen LogP contribution is 2.36. The Hall–Kier alpha value is -2.72. The van der Waals surface area contributed by atoms with Crippen LogP contribution in [0, 0.1) is 11.8 Å². The van der Waals surface area contributed by atoms with Gasteiger partial charge >= 0.3 is 12.4 Å². The molecule has 0 heterocycles. The molecule has 0 spiro atoms. The SMILES string of the molecule is CCc1cc(C(F)(F)F)ccc1C(=O)C[C@@H]1CCC[C@@H]1NC1CCCC1.CCc1cc(C(F)(F)F)ccc1C(=O)C[C@H]1CCC[C@H]1NC1CCCC1. The Bertz CT molecular complexity index is 1380. The first-order chi connectivity index (χ1) is 24.8. The molecule has 0 aromatic heterocycles. The fraction of sp³-hybridized carbons (Fsp3) is 0.667. The number of carbonyl (C=O) groups is 2. The number of halogens is 6. The fourth-order valence-electron chi connectivity index (χ4n) is 9.16. The summed E-state index contributed by atoms with van der Waals surface area (Å²) in [6.07, 6.45) is 9.47. The summed E-state index contributed by atoms with van der Waals surface area (Å²) < 4.78 is 77.5. The molecule has 0 amide bonds. The largest absolute Gasteiger partial charge is 0.416 e. The van der Waals surface area contributed by atoms with Gasteiger partial charge in [-0.15, -0.1) is 0 Å². The molecule has 2 aromatic carbocycles. The highest BCUT2D eigenvalue weighted by molar-refractivity contribution is 5.98. The van der Waals surface area contributed by atoms with Gasteiger partial charge in [-0.05, 0) is 111 Å². The van der Waals surface area contributed by atoms with E-state index in [1.165, 1.54) is 63.5 Å². The summed E-state index contributed by atoms with van der Waals surface area (Å²) >= 11 is 0. The summed E-state index contributed by atoms with van der Waals surface area (Å²) in [6.45, 7) is 3.60. The van der Waals surface area contributed by atoms with E-state index >= 15 is 0 Å². The Kier molecular flexibility index (Phi) is 14.1. The van der Waals surface area contributed by atoms with E-state index in [1.807, 2.05) is 0 Å². The van der Waals surface area contributed by atoms with Crippen molar-refractivity contribution in [2.24, 2.45) is 11.8 Å². The van der Waals surface area contributed by atoms with E-state index in [0.29, 0.717) is 83.9 Å². The van der Waals surface area contributed by atoms with E-state index in [9.17, 15) is 35.9 Å². The molecule has 4 aliphatic carbocycles. The summed E-state index contributed by atoms with van der Waals surface area (Å²) in [5.74, 6) is 0.576. The minimum atomic E-state index is -4.37. The average molecular weight is 735 g/mol. The number of Topliss-reactive ketones (excluding diaryl/α,β-unsaturated/α-hetero) is 2. The number of aryl methyl sites for hydroxylation is 2. The third-order valence-corrected chi connectivity index (χ3v) is 12.1. The highest BCUT2D eigenvalue weighted by Gasteiger charge is 2.35. The van der Waals surface area contributed by atoms with Crippen LogP contribution in [-0.4, -0.2) is 35.7 Å². The van der Waals surface area contributed by atoms with Gasteiger partial charge in [0.05, 0.1) is 11.1 Å². The molecule has 4 nitrogen and oxygen atoms in total. The zero-order valence-electron chi connectivity index (χ0n) is 30.7. The lowest BCUT2D eigenvalue weighted by Crippen LogP contribution is -2.39. The molecule has 0 bridgehead atoms. The van der Waals surface area contributed by atoms with Crippen LogP contribution in [0.15, 0.2) is 36.4 Å². The second kappa shape index (κ2) is 18.1. The first-order valence-electron chi connectivity index (χ1n) is 19.8. The Balaban J connectivity index is 0.000000201. The monoisotopic (exact) mass is 734 g/mol. The Morgan fingerprint density at radius 2 is 0.923 bits per heavy atom. The number of benzene rings is 2. The number of nitrogens with one attached hydrogen (secondary N) is 2. The minimum absolute atomic E-state index is 0.0132. The molecular weight excluding hydrogens is 678 g/mol. The zero-order chi connectivity index (χ0) is 37.5. The predicted octanol–water partition coefficient (Wildman–Crippen LogP) is 11.1. The van der Waals surface area contributed by atoms with E-state index < -0.39 is 23.5 Å². The van der Waals surface area contributed by atoms with Crippen molar-refractivity contribution in [1.29, 1.82) is 0 Å². The van der Waals surface area contributed by atoms with Crippen LogP contribution in [0.2, 0.25) is 0 Å². The van der Waals surface area contributed by atoms with Crippen LogP contribution in [0.5, 0.6) is 0 Å². The molecule has 4 atom stereocenters. The molecule has 0 saturated heterocycles. The van der Waals surface area contributed by atoms with Crippen molar-refractivity contribution in [3.63, 3.8) is 0 Å². The molecule has 6 rings (SSSR count). The van der Waals surface area contributed by atoms with Gasteiger partial charge in [0.1, 0.15) is 0 Å². The minimum Gasteiger partial charge on any atom is -0.311 e. The maximum atomic E-state index is 12.9. The number of rotatable bonds is 12. The number of hydrogen-bond donors (Lipinski definition) is 2. The van der Waals surface area contributed by atoms with Crippen molar-refractivity contribution in [1.82, 2.24) is 10.6 Å². The number of ketones is 2. The zero-order valence-corrected chi connectivity index (χ0v) is 30.7. The average Bonchev–Trinajstić information content (AvgIpc) is 3.95. The topological polar surface area (TPSA) is 58.2 Å². The van der Waals surface area contributed by atoms with Crippen molar-refractivity contribution in [3.05, 3.63) is 69.8 Å². The van der Waals surface area contributed by atoms with Crippen molar-refractivity contribution in [3.8, 4) is 0 Å². The highest BCUT2D eigenvalue weighted by atomic mass is 19.4. The van der Waals surface area contributed by atoms with E-state index in [2.05, 4.69) is 10.6 Å². The number of alkyl halides is 6. The number of carbonyl (C=O) groups excluding carboxylic acids is 2. The van der Waals surface area contributed by atoms with Gasteiger partial charge in [0.2, 0.25) is 0 Å². The van der Waals surface area contributed by atoms with Gasteiger partial charge in [-0.25, -0.2) is 0 Å². The van der Waals surface area contributed by atoms with Gasteiger partial charge in [0, 0.05) is 48.1 Å². The van der Waals surface area contributed by atoms with Crippen LogP contribution in [0.1, 0.15) is 160 Å². The third kappa shape index (κ3) is 10.7. The number of hydrogen-bond acceptors (Lipinski definition) is 4. The molecule has 288 valence electrons. The molecule has 4 saturated carbocycles. The summed E-state index contributed by atoms with van der Waals surface area (Å²) in [7, 11) is 0. The normalized spacial score (nSPS) is 24.3. The summed E-state index contributed by atoms with van der Waals surface area (Å²) in [4.78, 5) is 25.6. The van der Waals surface area contributed by atoms with Gasteiger partial charge in [0.15, 0.2) is 11.6 Å². The van der Waals surface area contributed by atoms with Crippen molar-refractivity contribution in [2.75, 3.05) is 0 Å². The van der Waals surface area contributed by atoms with Crippen LogP contribution >= 0.6 is 0 Å². The summed E-state index contributed by atoms with van der Waals surface area (Å²) in [5.41, 5.74) is 0.588. The molecule has 4 aliphatic rings. The molecule has 2 aromatic rings. The summed E-state index contributed by atoms with van der Waals surface area (Å²) in [6, 6.07) is 9.00. The lowest BCUT2D eigenvalue weighted by Gasteiger charge is -2.24. The smallest absolute Gasteiger partial charge is 0.311 e. The van der Waals surface area contributed by atoms with Gasteiger partial charge in [-0.3, -0.25) is 9.59 Å². The quantitative estimate of drug-likeness (QED) is 0.168. The van der Waals surface area contributed by atoms with Crippen molar-refractivity contribution < 1.29 is 35.9 Å². The van der Waals surface area contributed by atoms with Crippen LogP contribution < -0.4 is 10.6 Å². The lowest BCUT2D eigenvalue weighted by atomic mass is 9.90. The van der Waals surface area contributed by atoms with E-state index in [-0.39, 0.29) is 11.6 Å². The Morgan fingerprint density at radius 1 is 0.558 bits per heavy atom. The van der Waals surface area contributed by atoms with Crippen LogP contribution in [0.25, 0.3) is 0 Å². The fourth-order valence-corrected chi connectivity index (χ4v) is 9.16. The second-order valence-corrected chi connectivity index (χ2v) is 15.6. The predicted molar refractivity (Wildman–Crippen MR) is 193 cm³/mol. The molecule has 0 unspecified atom stereocenters. The second-order valence-electron chi connectivity index (χ2n) is 15.6. The molecule has 52 heavy (non-hydrogen) atoms. The van der Waals surface area contributed by atoms with E-state index in [1.54, 1.807) is 13.8 Å². The van der Waals surface area contributed by atoms with Crippen molar-refractivity contribution >= 4 is 11.6 Å². The molecule has 0 radical (unpaired) electrons. The van der Waals surface area contributed by atoms with Gasteiger partial charge in [0.25, 0.3) is 0 Å². The standard InChI is InChI=1S/2C21H28F3NO/c2*1-2-14-12-16(21(22,23)24)10-11-18(14)20(26)13-15-6-5-9-19(15)25-17-7-3-4-8-17/h2*10-12,15,17,19,25H,2-9,13H2,1H3/t2*15-,19-/m10/s1. The van der Waals surface area contributed by atoms with Crippen LogP contribution in [0.4, 0.5) is 26.3 Å². The van der Waals surface area contributed by atoms with Gasteiger partial charge in [-0.2, -0.15) is 26.3 Å². The Labute approximate surface area is 305 Å². The first kappa shape index (κ1) is 40.5. The van der Waals surface area contributed by atoms with Gasteiger partial charge < -0.3 is 10.6 Å². The third-order valence-electron chi connectivity index (χ3n) is 12.1. The first-order valence-corrected chi connectivity index (χ1v) is 19.8.